The molecule has 7 heteroatoms. The van der Waals surface area contributed by atoms with Gasteiger partial charge in [-0.05, 0) is 30.3 Å². The Morgan fingerprint density at radius 2 is 2.10 bits per heavy atom. The van der Waals surface area contributed by atoms with E-state index in [1.807, 2.05) is 24.3 Å². The summed E-state index contributed by atoms with van der Waals surface area (Å²) in [4.78, 5) is 4.20. The molecule has 0 fully saturated rings. The van der Waals surface area contributed by atoms with Crippen LogP contribution in [0.15, 0.2) is 56.5 Å². The molecular weight excluding hydrogens is 374 g/mol. The van der Waals surface area contributed by atoms with Crippen LogP contribution in [0.1, 0.15) is 5.89 Å². The lowest BCUT2D eigenvalue weighted by Gasteiger charge is -1.99. The molecule has 106 valence electrons. The van der Waals surface area contributed by atoms with E-state index in [9.17, 15) is 0 Å². The van der Waals surface area contributed by atoms with Gasteiger partial charge in [0.2, 0.25) is 11.8 Å². The molecule has 0 spiro atoms. The summed E-state index contributed by atoms with van der Waals surface area (Å²) in [5.41, 5.74) is 0.879. The third-order valence-corrected chi connectivity index (χ3v) is 4.50. The predicted octanol–water partition coefficient (Wildman–Crippen LogP) is 4.84. The first kappa shape index (κ1) is 14.6. The first-order chi connectivity index (χ1) is 10.2. The quantitative estimate of drug-likeness (QED) is 0.604. The van der Waals surface area contributed by atoms with Gasteiger partial charge >= 0.3 is 0 Å². The lowest BCUT2D eigenvalue weighted by atomic mass is 10.2. The predicted molar refractivity (Wildman–Crippen MR) is 86.2 cm³/mol. The van der Waals surface area contributed by atoms with Crippen LogP contribution in [0.3, 0.4) is 0 Å². The van der Waals surface area contributed by atoms with Gasteiger partial charge in [0.05, 0.1) is 10.8 Å². The maximum absolute atomic E-state index is 6.05. The molecule has 4 nitrogen and oxygen atoms in total. The third-order valence-electron chi connectivity index (χ3n) is 2.60. The monoisotopic (exact) mass is 381 g/mol. The molecule has 0 atom stereocenters. The summed E-state index contributed by atoms with van der Waals surface area (Å²) in [5.74, 6) is 1.56. The smallest absolute Gasteiger partial charge is 0.247 e. The van der Waals surface area contributed by atoms with Crippen molar-refractivity contribution in [2.24, 2.45) is 0 Å². The number of hydrogen-bond donors (Lipinski definition) is 0. The van der Waals surface area contributed by atoms with Crippen LogP contribution < -0.4 is 0 Å². The van der Waals surface area contributed by atoms with E-state index in [1.165, 1.54) is 11.8 Å². The highest BCUT2D eigenvalue weighted by atomic mass is 79.9. The summed E-state index contributed by atoms with van der Waals surface area (Å²) in [7, 11) is 0. The number of aromatic nitrogens is 3. The zero-order valence-electron chi connectivity index (χ0n) is 10.7. The van der Waals surface area contributed by atoms with E-state index in [2.05, 4.69) is 31.1 Å². The minimum atomic E-state index is 0.499. The summed E-state index contributed by atoms with van der Waals surface area (Å²) >= 11 is 10.9. The number of pyridine rings is 1. The Kier molecular flexibility index (Phi) is 4.57. The van der Waals surface area contributed by atoms with Crippen LogP contribution in [0.5, 0.6) is 0 Å². The second kappa shape index (κ2) is 6.60. The van der Waals surface area contributed by atoms with E-state index in [0.717, 1.165) is 15.1 Å². The Morgan fingerprint density at radius 1 is 1.19 bits per heavy atom. The molecule has 1 aromatic carbocycles. The minimum absolute atomic E-state index is 0.499. The normalized spacial score (nSPS) is 10.8. The zero-order valence-corrected chi connectivity index (χ0v) is 13.8. The van der Waals surface area contributed by atoms with Crippen LogP contribution in [0.4, 0.5) is 0 Å². The molecule has 0 amide bonds. The van der Waals surface area contributed by atoms with Crippen molar-refractivity contribution < 1.29 is 4.42 Å². The van der Waals surface area contributed by atoms with Crippen molar-refractivity contribution in [3.8, 4) is 11.5 Å². The van der Waals surface area contributed by atoms with Crippen molar-refractivity contribution in [3.05, 3.63) is 58.0 Å². The highest BCUT2D eigenvalue weighted by Gasteiger charge is 2.10. The van der Waals surface area contributed by atoms with E-state index in [0.29, 0.717) is 22.6 Å². The fourth-order valence-corrected chi connectivity index (χ4v) is 3.06. The fourth-order valence-electron chi connectivity index (χ4n) is 1.66. The first-order valence-electron chi connectivity index (χ1n) is 6.04. The van der Waals surface area contributed by atoms with Crippen molar-refractivity contribution in [3.63, 3.8) is 0 Å². The largest absolute Gasteiger partial charge is 0.420 e. The van der Waals surface area contributed by atoms with Gasteiger partial charge in [0.1, 0.15) is 5.03 Å². The van der Waals surface area contributed by atoms with Crippen LogP contribution in [-0.2, 0) is 5.75 Å². The SMILES string of the molecule is Clc1cccnc1SCc1nnc(-c2cccc(Br)c2)o1. The van der Waals surface area contributed by atoms with Crippen molar-refractivity contribution in [2.45, 2.75) is 10.8 Å². The van der Waals surface area contributed by atoms with E-state index < -0.39 is 0 Å². The molecule has 0 saturated carbocycles. The average Bonchev–Trinajstić information content (AvgIpc) is 2.95. The maximum Gasteiger partial charge on any atom is 0.247 e. The van der Waals surface area contributed by atoms with Crippen LogP contribution in [0.2, 0.25) is 5.02 Å². The Morgan fingerprint density at radius 3 is 2.90 bits per heavy atom. The van der Waals surface area contributed by atoms with Crippen molar-refractivity contribution in [1.82, 2.24) is 15.2 Å². The van der Waals surface area contributed by atoms with Crippen LogP contribution in [0.25, 0.3) is 11.5 Å². The Hall–Kier alpha value is -1.37. The fraction of sp³-hybridized carbons (Fsp3) is 0.0714. The zero-order chi connectivity index (χ0) is 14.7. The van der Waals surface area contributed by atoms with Gasteiger partial charge in [0.15, 0.2) is 0 Å². The van der Waals surface area contributed by atoms with Crippen LogP contribution >= 0.6 is 39.3 Å². The Labute approximate surface area is 139 Å². The number of rotatable bonds is 4. The van der Waals surface area contributed by atoms with Crippen molar-refractivity contribution >= 4 is 39.3 Å². The molecule has 0 saturated heterocycles. The van der Waals surface area contributed by atoms with Gasteiger partial charge in [0.25, 0.3) is 0 Å². The van der Waals surface area contributed by atoms with E-state index in [-0.39, 0.29) is 0 Å². The minimum Gasteiger partial charge on any atom is -0.420 e. The molecule has 3 rings (SSSR count). The van der Waals surface area contributed by atoms with Gasteiger partial charge in [-0.1, -0.05) is 45.4 Å². The molecule has 2 heterocycles. The summed E-state index contributed by atoms with van der Waals surface area (Å²) in [5, 5.41) is 9.47. The van der Waals surface area contributed by atoms with Gasteiger partial charge in [-0.25, -0.2) is 4.98 Å². The molecule has 2 aromatic heterocycles. The molecule has 0 aliphatic rings. The van der Waals surface area contributed by atoms with Gasteiger partial charge in [0, 0.05) is 16.2 Å². The summed E-state index contributed by atoms with van der Waals surface area (Å²) in [6, 6.07) is 11.3. The summed E-state index contributed by atoms with van der Waals surface area (Å²) < 4.78 is 6.62. The molecule has 0 radical (unpaired) electrons. The molecular formula is C14H9BrClN3OS. The highest BCUT2D eigenvalue weighted by molar-refractivity contribution is 9.10. The molecule has 0 unspecified atom stereocenters. The van der Waals surface area contributed by atoms with Crippen molar-refractivity contribution in [2.75, 3.05) is 0 Å². The number of thioether (sulfide) groups is 1. The average molecular weight is 383 g/mol. The van der Waals surface area contributed by atoms with Crippen LogP contribution in [0, 0.1) is 0 Å². The lowest BCUT2D eigenvalue weighted by molar-refractivity contribution is 0.528. The highest BCUT2D eigenvalue weighted by Crippen LogP contribution is 2.28. The van der Waals surface area contributed by atoms with Gasteiger partial charge < -0.3 is 4.42 Å². The van der Waals surface area contributed by atoms with E-state index in [4.69, 9.17) is 16.0 Å². The second-order valence-corrected chi connectivity index (χ2v) is 6.38. The van der Waals surface area contributed by atoms with E-state index in [1.54, 1.807) is 18.3 Å². The standard InChI is InChI=1S/C14H9BrClN3OS/c15-10-4-1-3-9(7-10)13-19-18-12(20-13)8-21-14-11(16)5-2-6-17-14/h1-7H,8H2. The number of halogens is 2. The van der Waals surface area contributed by atoms with Gasteiger partial charge in [-0.3, -0.25) is 0 Å². The van der Waals surface area contributed by atoms with Crippen molar-refractivity contribution in [1.29, 1.82) is 0 Å². The number of nitrogens with zero attached hydrogens (tertiary/aromatic N) is 3. The van der Waals surface area contributed by atoms with E-state index >= 15 is 0 Å². The van der Waals surface area contributed by atoms with Gasteiger partial charge in [-0.15, -0.1) is 10.2 Å². The number of benzene rings is 1. The van der Waals surface area contributed by atoms with Crippen LogP contribution in [-0.4, -0.2) is 15.2 Å². The molecule has 3 aromatic rings. The molecule has 21 heavy (non-hydrogen) atoms. The molecule has 0 aliphatic heterocycles. The molecule has 0 N–H and O–H groups in total. The first-order valence-corrected chi connectivity index (χ1v) is 8.19. The second-order valence-electron chi connectivity index (χ2n) is 4.09. The Bertz CT molecular complexity index is 765. The summed E-state index contributed by atoms with van der Waals surface area (Å²) in [6.45, 7) is 0. The number of hydrogen-bond acceptors (Lipinski definition) is 5. The lowest BCUT2D eigenvalue weighted by Crippen LogP contribution is -1.84. The molecule has 0 aliphatic carbocycles. The third kappa shape index (κ3) is 3.64. The summed E-state index contributed by atoms with van der Waals surface area (Å²) in [6.07, 6.45) is 1.70. The molecule has 0 bridgehead atoms. The Balaban J connectivity index is 1.72. The topological polar surface area (TPSA) is 51.8 Å². The van der Waals surface area contributed by atoms with Gasteiger partial charge in [-0.2, -0.15) is 0 Å². The maximum atomic E-state index is 6.05.